The number of carbonyl (C=O) groups excluding carboxylic acids is 2. The number of nitrogens with one attached hydrogen (secondary N) is 1. The number of rotatable bonds is 9. The molecule has 0 heterocycles. The molecule has 0 spiro atoms. The summed E-state index contributed by atoms with van der Waals surface area (Å²) in [5, 5.41) is 3.89. The van der Waals surface area contributed by atoms with Gasteiger partial charge in [-0.05, 0) is 63.1 Å². The van der Waals surface area contributed by atoms with E-state index in [0.717, 1.165) is 10.6 Å². The average molecular weight is 563 g/mol. The Morgan fingerprint density at radius 1 is 1.03 bits per heavy atom. The maximum absolute atomic E-state index is 13.6. The zero-order chi connectivity index (χ0) is 26.6. The summed E-state index contributed by atoms with van der Waals surface area (Å²) in [5.74, 6) is -0.903. The molecule has 0 aliphatic carbocycles. The van der Waals surface area contributed by atoms with Crippen LogP contribution in [0.1, 0.15) is 39.7 Å². The van der Waals surface area contributed by atoms with Gasteiger partial charge in [0, 0.05) is 17.1 Å². The van der Waals surface area contributed by atoms with E-state index in [1.807, 2.05) is 20.8 Å². The smallest absolute Gasteiger partial charge is 0.244 e. The van der Waals surface area contributed by atoms with Gasteiger partial charge in [-0.2, -0.15) is 0 Å². The van der Waals surface area contributed by atoms with Crippen molar-refractivity contribution in [1.29, 1.82) is 0 Å². The molecule has 7 nitrogen and oxygen atoms in total. The van der Waals surface area contributed by atoms with E-state index >= 15 is 0 Å². The predicted molar refractivity (Wildman–Crippen MR) is 143 cm³/mol. The van der Waals surface area contributed by atoms with E-state index in [4.69, 9.17) is 34.8 Å². The lowest BCUT2D eigenvalue weighted by atomic mass is 10.1. The molecule has 0 aromatic heterocycles. The van der Waals surface area contributed by atoms with Gasteiger partial charge < -0.3 is 10.2 Å². The van der Waals surface area contributed by atoms with Crippen LogP contribution in [0.25, 0.3) is 0 Å². The molecule has 2 rings (SSSR count). The van der Waals surface area contributed by atoms with Gasteiger partial charge >= 0.3 is 0 Å². The Balaban J connectivity index is 2.48. The van der Waals surface area contributed by atoms with Gasteiger partial charge in [-0.15, -0.1) is 0 Å². The molecule has 2 aromatic rings. The molecule has 0 radical (unpaired) electrons. The van der Waals surface area contributed by atoms with E-state index in [1.165, 1.54) is 11.0 Å². The van der Waals surface area contributed by atoms with Crippen molar-refractivity contribution in [1.82, 2.24) is 10.2 Å². The minimum Gasteiger partial charge on any atom is -0.350 e. The monoisotopic (exact) mass is 561 g/mol. The molecule has 35 heavy (non-hydrogen) atoms. The van der Waals surface area contributed by atoms with Crippen LogP contribution in [-0.2, 0) is 26.2 Å². The van der Waals surface area contributed by atoms with E-state index in [1.54, 1.807) is 43.3 Å². The topological polar surface area (TPSA) is 86.8 Å². The van der Waals surface area contributed by atoms with Crippen LogP contribution in [0, 0.1) is 0 Å². The zero-order valence-corrected chi connectivity index (χ0v) is 23.4. The lowest BCUT2D eigenvalue weighted by Crippen LogP contribution is -2.55. The summed E-state index contributed by atoms with van der Waals surface area (Å²) in [6.07, 6.45) is 1.32. The number of amides is 2. The van der Waals surface area contributed by atoms with Crippen LogP contribution in [0.4, 0.5) is 5.69 Å². The van der Waals surface area contributed by atoms with Crippen LogP contribution in [-0.4, -0.2) is 49.5 Å². The second-order valence-corrected chi connectivity index (χ2v) is 12.3. The van der Waals surface area contributed by atoms with E-state index in [-0.39, 0.29) is 18.1 Å². The second-order valence-electron chi connectivity index (χ2n) is 9.18. The van der Waals surface area contributed by atoms with E-state index < -0.39 is 34.1 Å². The number of benzene rings is 2. The van der Waals surface area contributed by atoms with Gasteiger partial charge in [0.05, 0.1) is 22.0 Å². The Bertz CT molecular complexity index is 1180. The van der Waals surface area contributed by atoms with E-state index in [2.05, 4.69) is 5.32 Å². The van der Waals surface area contributed by atoms with Gasteiger partial charge in [-0.25, -0.2) is 8.42 Å². The third-order valence-corrected chi connectivity index (χ3v) is 7.11. The fourth-order valence-corrected chi connectivity index (χ4v) is 4.80. The Morgan fingerprint density at radius 2 is 1.69 bits per heavy atom. The molecule has 2 aromatic carbocycles. The molecule has 0 saturated carbocycles. The first-order valence-corrected chi connectivity index (χ1v) is 13.9. The van der Waals surface area contributed by atoms with Gasteiger partial charge in [-0.1, -0.05) is 53.9 Å². The number of anilines is 1. The Kier molecular flexibility index (Phi) is 9.87. The quantitative estimate of drug-likeness (QED) is 0.459. The lowest BCUT2D eigenvalue weighted by Gasteiger charge is -2.34. The number of sulfonamides is 1. The summed E-state index contributed by atoms with van der Waals surface area (Å²) in [6.45, 7) is 6.82. The van der Waals surface area contributed by atoms with Gasteiger partial charge in [0.15, 0.2) is 0 Å². The normalized spacial score (nSPS) is 12.7. The first-order chi connectivity index (χ1) is 16.1. The highest BCUT2D eigenvalue weighted by Crippen LogP contribution is 2.26. The third kappa shape index (κ3) is 8.56. The molecule has 192 valence electrons. The van der Waals surface area contributed by atoms with Crippen molar-refractivity contribution >= 4 is 62.3 Å². The molecule has 0 bridgehead atoms. The summed E-state index contributed by atoms with van der Waals surface area (Å²) >= 11 is 18.3. The molecular weight excluding hydrogens is 533 g/mol. The largest absolute Gasteiger partial charge is 0.350 e. The van der Waals surface area contributed by atoms with E-state index in [0.29, 0.717) is 27.1 Å². The lowest BCUT2D eigenvalue weighted by molar-refractivity contribution is -0.141. The Hall–Kier alpha value is -2.00. The number of hydrogen-bond acceptors (Lipinski definition) is 4. The molecule has 11 heteroatoms. The molecular formula is C24H30Cl3N3O4S. The minimum atomic E-state index is -3.84. The second kappa shape index (κ2) is 11.8. The SMILES string of the molecule is CC[C@@H](C(=O)NC(C)(C)C)N(Cc1ccc(Cl)c(Cl)c1)C(=O)CN(c1cccc(Cl)c1)S(C)(=O)=O. The summed E-state index contributed by atoms with van der Waals surface area (Å²) in [4.78, 5) is 28.1. The van der Waals surface area contributed by atoms with Crippen molar-refractivity contribution in [3.05, 3.63) is 63.1 Å². The molecule has 1 atom stereocenters. The molecule has 0 aliphatic heterocycles. The number of halogens is 3. The Labute approximate surface area is 222 Å². The van der Waals surface area contributed by atoms with Gasteiger partial charge in [0.1, 0.15) is 12.6 Å². The highest BCUT2D eigenvalue weighted by Gasteiger charge is 2.33. The fraction of sp³-hybridized carbons (Fsp3) is 0.417. The van der Waals surface area contributed by atoms with Crippen molar-refractivity contribution in [2.45, 2.75) is 52.2 Å². The highest BCUT2D eigenvalue weighted by molar-refractivity contribution is 7.92. The van der Waals surface area contributed by atoms with Crippen molar-refractivity contribution in [3.63, 3.8) is 0 Å². The summed E-state index contributed by atoms with van der Waals surface area (Å²) < 4.78 is 26.2. The Morgan fingerprint density at radius 3 is 2.20 bits per heavy atom. The van der Waals surface area contributed by atoms with Crippen molar-refractivity contribution in [2.75, 3.05) is 17.1 Å². The van der Waals surface area contributed by atoms with Crippen molar-refractivity contribution < 1.29 is 18.0 Å². The zero-order valence-electron chi connectivity index (χ0n) is 20.3. The highest BCUT2D eigenvalue weighted by atomic mass is 35.5. The molecule has 0 saturated heterocycles. The van der Waals surface area contributed by atoms with E-state index in [9.17, 15) is 18.0 Å². The van der Waals surface area contributed by atoms with Gasteiger partial charge in [0.2, 0.25) is 21.8 Å². The van der Waals surface area contributed by atoms with Crippen LogP contribution in [0.2, 0.25) is 15.1 Å². The molecule has 0 fully saturated rings. The fourth-order valence-electron chi connectivity index (χ4n) is 3.45. The average Bonchev–Trinajstić information content (AvgIpc) is 2.72. The van der Waals surface area contributed by atoms with Crippen LogP contribution in [0.5, 0.6) is 0 Å². The first kappa shape index (κ1) is 29.2. The van der Waals surface area contributed by atoms with Crippen LogP contribution < -0.4 is 9.62 Å². The molecule has 0 unspecified atom stereocenters. The van der Waals surface area contributed by atoms with Crippen LogP contribution in [0.15, 0.2) is 42.5 Å². The van der Waals surface area contributed by atoms with Crippen molar-refractivity contribution in [2.24, 2.45) is 0 Å². The summed E-state index contributed by atoms with van der Waals surface area (Å²) in [6, 6.07) is 10.3. The van der Waals surface area contributed by atoms with Crippen LogP contribution in [0.3, 0.4) is 0 Å². The third-order valence-electron chi connectivity index (χ3n) is 5.00. The molecule has 2 amide bonds. The molecule has 1 N–H and O–H groups in total. The summed E-state index contributed by atoms with van der Waals surface area (Å²) in [5.41, 5.74) is 0.362. The van der Waals surface area contributed by atoms with Gasteiger partial charge in [-0.3, -0.25) is 13.9 Å². The maximum atomic E-state index is 13.6. The molecule has 0 aliphatic rings. The number of nitrogens with zero attached hydrogens (tertiary/aromatic N) is 2. The summed E-state index contributed by atoms with van der Waals surface area (Å²) in [7, 11) is -3.84. The van der Waals surface area contributed by atoms with Crippen LogP contribution >= 0.6 is 34.8 Å². The van der Waals surface area contributed by atoms with Gasteiger partial charge in [0.25, 0.3) is 0 Å². The maximum Gasteiger partial charge on any atom is 0.244 e. The van der Waals surface area contributed by atoms with Crippen molar-refractivity contribution in [3.8, 4) is 0 Å². The number of carbonyl (C=O) groups is 2. The minimum absolute atomic E-state index is 0.0267. The standard InChI is InChI=1S/C24H30Cl3N3O4S/c1-6-21(23(32)28-24(2,3)4)29(14-16-10-11-19(26)20(27)12-16)22(31)15-30(35(5,33)34)18-9-7-8-17(25)13-18/h7-13,21H,6,14-15H2,1-5H3,(H,28,32)/t21-/m0/s1. The predicted octanol–water partition coefficient (Wildman–Crippen LogP) is 5.13. The first-order valence-electron chi connectivity index (χ1n) is 10.9. The number of hydrogen-bond donors (Lipinski definition) is 1.